The van der Waals surface area contributed by atoms with E-state index in [2.05, 4.69) is 22.2 Å². The summed E-state index contributed by atoms with van der Waals surface area (Å²) in [6.45, 7) is 3.09. The van der Waals surface area contributed by atoms with Gasteiger partial charge >= 0.3 is 5.69 Å². The fourth-order valence-corrected chi connectivity index (χ4v) is 3.26. The Hall–Kier alpha value is -2.54. The molecule has 0 amide bonds. The van der Waals surface area contributed by atoms with Gasteiger partial charge in [-0.1, -0.05) is 49.9 Å². The highest BCUT2D eigenvalue weighted by Gasteiger charge is 2.15. The average Bonchev–Trinajstić information content (AvgIpc) is 3.08. The van der Waals surface area contributed by atoms with Crippen molar-refractivity contribution in [1.82, 2.24) is 19.1 Å². The fraction of sp³-hybridized carbons (Fsp3) is 0.421. The van der Waals surface area contributed by atoms with Crippen molar-refractivity contribution in [2.75, 3.05) is 11.9 Å². The van der Waals surface area contributed by atoms with Crippen LogP contribution < -0.4 is 16.6 Å². The number of H-pyrrole nitrogens is 1. The van der Waals surface area contributed by atoms with Crippen molar-refractivity contribution in [3.8, 4) is 0 Å². The monoisotopic (exact) mass is 389 g/mol. The number of halogens is 1. The molecule has 0 aliphatic carbocycles. The van der Waals surface area contributed by atoms with E-state index in [1.54, 1.807) is 25.2 Å². The van der Waals surface area contributed by atoms with Crippen LogP contribution in [0, 0.1) is 0 Å². The zero-order chi connectivity index (χ0) is 19.4. The highest BCUT2D eigenvalue weighted by Crippen LogP contribution is 2.12. The Morgan fingerprint density at radius 1 is 1.22 bits per heavy atom. The Morgan fingerprint density at radius 3 is 2.78 bits per heavy atom. The van der Waals surface area contributed by atoms with Gasteiger partial charge < -0.3 is 10.3 Å². The Bertz CT molecular complexity index is 1050. The maximum atomic E-state index is 12.8. The summed E-state index contributed by atoms with van der Waals surface area (Å²) in [6.07, 6.45) is 4.56. The largest absolute Gasteiger partial charge is 0.356 e. The van der Waals surface area contributed by atoms with Crippen molar-refractivity contribution < 1.29 is 0 Å². The second kappa shape index (κ2) is 8.43. The highest BCUT2D eigenvalue weighted by molar-refractivity contribution is 6.30. The van der Waals surface area contributed by atoms with Crippen LogP contribution in [0.3, 0.4) is 0 Å². The van der Waals surface area contributed by atoms with E-state index in [4.69, 9.17) is 11.6 Å². The van der Waals surface area contributed by atoms with Crippen LogP contribution in [0.25, 0.3) is 11.2 Å². The lowest BCUT2D eigenvalue weighted by Gasteiger charge is -2.08. The summed E-state index contributed by atoms with van der Waals surface area (Å²) in [7, 11) is 1.62. The van der Waals surface area contributed by atoms with Crippen molar-refractivity contribution in [1.29, 1.82) is 0 Å². The molecule has 144 valence electrons. The Kier molecular flexibility index (Phi) is 6.01. The predicted molar refractivity (Wildman–Crippen MR) is 109 cm³/mol. The molecule has 3 aromatic rings. The molecule has 0 saturated carbocycles. The molecule has 0 fully saturated rings. The van der Waals surface area contributed by atoms with Gasteiger partial charge in [0.2, 0.25) is 5.95 Å². The summed E-state index contributed by atoms with van der Waals surface area (Å²) in [5, 5.41) is 3.76. The van der Waals surface area contributed by atoms with E-state index >= 15 is 0 Å². The van der Waals surface area contributed by atoms with Gasteiger partial charge in [0.1, 0.15) is 0 Å². The lowest BCUT2D eigenvalue weighted by atomic mass is 10.2. The van der Waals surface area contributed by atoms with Crippen LogP contribution in [-0.2, 0) is 13.6 Å². The van der Waals surface area contributed by atoms with E-state index in [0.717, 1.165) is 24.9 Å². The van der Waals surface area contributed by atoms with Gasteiger partial charge in [-0.25, -0.2) is 4.79 Å². The molecule has 0 atom stereocenters. The molecule has 0 bridgehead atoms. The lowest BCUT2D eigenvalue weighted by molar-refractivity contribution is 0.657. The van der Waals surface area contributed by atoms with Gasteiger partial charge in [0.25, 0.3) is 5.56 Å². The summed E-state index contributed by atoms with van der Waals surface area (Å²) in [5.74, 6) is 0.508. The first-order valence-corrected chi connectivity index (χ1v) is 9.57. The molecular weight excluding hydrogens is 366 g/mol. The summed E-state index contributed by atoms with van der Waals surface area (Å²) in [5.41, 5.74) is 0.654. The molecule has 0 aliphatic rings. The van der Waals surface area contributed by atoms with E-state index in [1.165, 1.54) is 22.0 Å². The zero-order valence-corrected chi connectivity index (χ0v) is 16.3. The van der Waals surface area contributed by atoms with Gasteiger partial charge in [-0.15, -0.1) is 0 Å². The van der Waals surface area contributed by atoms with Crippen molar-refractivity contribution in [3.63, 3.8) is 0 Å². The van der Waals surface area contributed by atoms with Crippen LogP contribution in [0.2, 0.25) is 5.02 Å². The molecule has 0 unspecified atom stereocenters. The topological polar surface area (TPSA) is 84.7 Å². The van der Waals surface area contributed by atoms with Crippen molar-refractivity contribution in [2.24, 2.45) is 7.05 Å². The standard InChI is InChI=1S/C19H24ClN5O2/c1-3-4-5-6-10-21-18-22-15-16(23-18)24(2)19(27)25(17(15)26)12-13-8-7-9-14(20)11-13/h7-9,11H,3-6,10,12H2,1-2H3,(H2,21,22,23). The molecule has 0 radical (unpaired) electrons. The van der Waals surface area contributed by atoms with Crippen LogP contribution in [0.5, 0.6) is 0 Å². The number of aromatic nitrogens is 4. The molecule has 2 aromatic heterocycles. The van der Waals surface area contributed by atoms with Gasteiger partial charge in [-0.2, -0.15) is 4.98 Å². The summed E-state index contributed by atoms with van der Waals surface area (Å²) < 4.78 is 2.58. The first kappa shape index (κ1) is 19.2. The Balaban J connectivity index is 1.90. The number of unbranched alkanes of at least 4 members (excludes halogenated alkanes) is 3. The third-order valence-electron chi connectivity index (χ3n) is 4.53. The molecule has 2 heterocycles. The second-order valence-corrected chi connectivity index (χ2v) is 7.07. The molecule has 0 aliphatic heterocycles. The number of hydrogen-bond donors (Lipinski definition) is 2. The number of imidazole rings is 1. The zero-order valence-electron chi connectivity index (χ0n) is 15.6. The van der Waals surface area contributed by atoms with Crippen molar-refractivity contribution in [2.45, 2.75) is 39.2 Å². The molecule has 2 N–H and O–H groups in total. The van der Waals surface area contributed by atoms with Crippen LogP contribution in [0.1, 0.15) is 38.2 Å². The molecule has 1 aromatic carbocycles. The molecule has 8 heteroatoms. The third-order valence-corrected chi connectivity index (χ3v) is 4.77. The number of hydrogen-bond acceptors (Lipinski definition) is 4. The Labute approximate surface area is 162 Å². The Morgan fingerprint density at radius 2 is 2.04 bits per heavy atom. The van der Waals surface area contributed by atoms with E-state index in [1.807, 2.05) is 6.07 Å². The fourth-order valence-electron chi connectivity index (χ4n) is 3.05. The lowest BCUT2D eigenvalue weighted by Crippen LogP contribution is -2.39. The third kappa shape index (κ3) is 4.24. The minimum absolute atomic E-state index is 0.154. The number of nitrogens with one attached hydrogen (secondary N) is 2. The first-order chi connectivity index (χ1) is 13.0. The number of aromatic amines is 1. The molecule has 27 heavy (non-hydrogen) atoms. The normalized spacial score (nSPS) is 11.2. The van der Waals surface area contributed by atoms with Crippen LogP contribution in [-0.4, -0.2) is 25.6 Å². The van der Waals surface area contributed by atoms with E-state index in [-0.39, 0.29) is 12.1 Å². The van der Waals surface area contributed by atoms with E-state index in [0.29, 0.717) is 22.1 Å². The minimum Gasteiger partial charge on any atom is -0.356 e. The minimum atomic E-state index is -0.409. The van der Waals surface area contributed by atoms with E-state index in [9.17, 15) is 9.59 Å². The predicted octanol–water partition coefficient (Wildman–Crippen LogP) is 3.12. The molecule has 0 spiro atoms. The summed E-state index contributed by atoms with van der Waals surface area (Å²) >= 11 is 6.01. The second-order valence-electron chi connectivity index (χ2n) is 6.63. The highest BCUT2D eigenvalue weighted by atomic mass is 35.5. The van der Waals surface area contributed by atoms with Crippen molar-refractivity contribution in [3.05, 3.63) is 55.7 Å². The van der Waals surface area contributed by atoms with E-state index < -0.39 is 5.69 Å². The molecule has 3 rings (SSSR count). The summed E-state index contributed by atoms with van der Waals surface area (Å²) in [4.78, 5) is 32.9. The molecule has 7 nitrogen and oxygen atoms in total. The van der Waals surface area contributed by atoms with Crippen molar-refractivity contribution >= 4 is 28.7 Å². The van der Waals surface area contributed by atoms with Crippen LogP contribution >= 0.6 is 11.6 Å². The number of fused-ring (bicyclic) bond motifs is 1. The van der Waals surface area contributed by atoms with Gasteiger partial charge in [0.05, 0.1) is 6.54 Å². The first-order valence-electron chi connectivity index (χ1n) is 9.19. The summed E-state index contributed by atoms with van der Waals surface area (Å²) in [6, 6.07) is 7.12. The van der Waals surface area contributed by atoms with Gasteiger partial charge in [0.15, 0.2) is 11.2 Å². The average molecular weight is 390 g/mol. The quantitative estimate of drug-likeness (QED) is 0.580. The van der Waals surface area contributed by atoms with Gasteiger partial charge in [0, 0.05) is 18.6 Å². The smallest absolute Gasteiger partial charge is 0.332 e. The number of nitrogens with zero attached hydrogens (tertiary/aromatic N) is 3. The number of aryl methyl sites for hydroxylation is 1. The van der Waals surface area contributed by atoms with Crippen LogP contribution in [0.4, 0.5) is 5.95 Å². The van der Waals surface area contributed by atoms with Gasteiger partial charge in [-0.3, -0.25) is 13.9 Å². The molecule has 0 saturated heterocycles. The number of anilines is 1. The number of rotatable bonds is 8. The van der Waals surface area contributed by atoms with Crippen LogP contribution in [0.15, 0.2) is 33.9 Å². The maximum absolute atomic E-state index is 12.8. The maximum Gasteiger partial charge on any atom is 0.332 e. The SMILES string of the molecule is CCCCCCNc1nc2c([nH]1)c(=O)n(Cc1cccc(Cl)c1)c(=O)n2C. The molecular formula is C19H24ClN5O2. The van der Waals surface area contributed by atoms with Gasteiger partial charge in [-0.05, 0) is 24.1 Å². The number of benzene rings is 1.